The molecule has 0 saturated carbocycles. The van der Waals surface area contributed by atoms with Crippen molar-refractivity contribution in [2.75, 3.05) is 31.1 Å². The summed E-state index contributed by atoms with van der Waals surface area (Å²) >= 11 is 0. The first-order valence-corrected chi connectivity index (χ1v) is 16.9. The van der Waals surface area contributed by atoms with Gasteiger partial charge in [0.1, 0.15) is 23.2 Å². The zero-order chi connectivity index (χ0) is 36.7. The summed E-state index contributed by atoms with van der Waals surface area (Å²) in [6, 6.07) is 22.8. The number of piperazine rings is 1. The predicted octanol–water partition coefficient (Wildman–Crippen LogP) is 8.12. The summed E-state index contributed by atoms with van der Waals surface area (Å²) in [7, 11) is 0. The lowest BCUT2D eigenvalue weighted by atomic mass is 9.92. The monoisotopic (exact) mass is 688 g/mol. The molecule has 0 spiro atoms. The second-order valence-electron chi connectivity index (χ2n) is 14.6. The predicted molar refractivity (Wildman–Crippen MR) is 194 cm³/mol. The Balaban J connectivity index is 1.38. The molecule has 0 radical (unpaired) electrons. The van der Waals surface area contributed by atoms with Gasteiger partial charge in [-0.25, -0.2) is 23.6 Å². The Morgan fingerprint density at radius 3 is 2.16 bits per heavy atom. The van der Waals surface area contributed by atoms with Crippen molar-refractivity contribution in [1.82, 2.24) is 19.7 Å². The number of halogens is 1. The van der Waals surface area contributed by atoms with E-state index in [9.17, 15) is 14.9 Å². The number of hydrogen-bond donors (Lipinski definition) is 0. The molecule has 5 aromatic rings. The molecular formula is C40H41FN6O4. The van der Waals surface area contributed by atoms with Crippen LogP contribution in [0.1, 0.15) is 63.2 Å². The Labute approximate surface area is 297 Å². The first-order valence-electron chi connectivity index (χ1n) is 16.9. The number of carbonyl (C=O) groups is 2. The van der Waals surface area contributed by atoms with Gasteiger partial charge in [-0.3, -0.25) is 0 Å². The zero-order valence-corrected chi connectivity index (χ0v) is 30.0. The topological polar surface area (TPSA) is 114 Å². The number of anilines is 1. The van der Waals surface area contributed by atoms with Crippen LogP contribution in [-0.4, -0.2) is 63.5 Å². The molecule has 262 valence electrons. The maximum absolute atomic E-state index is 16.0. The molecule has 1 aliphatic heterocycles. The van der Waals surface area contributed by atoms with Gasteiger partial charge in [-0.2, -0.15) is 10.4 Å². The lowest BCUT2D eigenvalue weighted by molar-refractivity contribution is 0.0240. The summed E-state index contributed by atoms with van der Waals surface area (Å²) in [5.41, 5.74) is 3.30. The molecule has 1 amide bonds. The second kappa shape index (κ2) is 13.5. The van der Waals surface area contributed by atoms with Crippen LogP contribution >= 0.6 is 0 Å². The molecule has 1 aliphatic rings. The SMILES string of the molecule is Cc1nn(C(C)(C)C)c2nc(-c3ccc(OC(=O)c4ccccc4)cc3F)c(C#N)c(-c3ccc(N4CCN(C(=O)OC(C)(C)C)CC4)cc3)c12. The highest BCUT2D eigenvalue weighted by Crippen LogP contribution is 2.41. The van der Waals surface area contributed by atoms with Crippen molar-refractivity contribution in [3.8, 4) is 34.2 Å². The fourth-order valence-electron chi connectivity index (χ4n) is 6.18. The van der Waals surface area contributed by atoms with Crippen LogP contribution in [-0.2, 0) is 10.3 Å². The van der Waals surface area contributed by atoms with E-state index in [0.29, 0.717) is 54.0 Å². The number of nitriles is 1. The minimum absolute atomic E-state index is 0.0306. The lowest BCUT2D eigenvalue weighted by Crippen LogP contribution is -2.50. The van der Waals surface area contributed by atoms with Crippen molar-refractivity contribution in [3.63, 3.8) is 0 Å². The number of ether oxygens (including phenoxy) is 2. The van der Waals surface area contributed by atoms with Gasteiger partial charge in [0, 0.05) is 49.1 Å². The first kappa shape index (κ1) is 35.1. The van der Waals surface area contributed by atoms with Gasteiger partial charge >= 0.3 is 12.1 Å². The van der Waals surface area contributed by atoms with Gasteiger partial charge in [-0.05, 0) is 90.4 Å². The average Bonchev–Trinajstić information content (AvgIpc) is 3.43. The van der Waals surface area contributed by atoms with Crippen molar-refractivity contribution < 1.29 is 23.5 Å². The molecule has 11 heteroatoms. The third-order valence-corrected chi connectivity index (χ3v) is 8.61. The number of rotatable bonds is 5. The van der Waals surface area contributed by atoms with Gasteiger partial charge in [0.2, 0.25) is 0 Å². The minimum atomic E-state index is -0.693. The number of carbonyl (C=O) groups excluding carboxylic acids is 2. The van der Waals surface area contributed by atoms with Gasteiger partial charge in [0.15, 0.2) is 5.65 Å². The minimum Gasteiger partial charge on any atom is -0.444 e. The highest BCUT2D eigenvalue weighted by molar-refractivity contribution is 6.01. The van der Waals surface area contributed by atoms with E-state index in [1.807, 2.05) is 72.7 Å². The third kappa shape index (κ3) is 7.26. The average molecular weight is 689 g/mol. The van der Waals surface area contributed by atoms with E-state index in [2.05, 4.69) is 11.0 Å². The smallest absolute Gasteiger partial charge is 0.410 e. The molecule has 3 heterocycles. The fourth-order valence-corrected chi connectivity index (χ4v) is 6.18. The molecule has 0 aliphatic carbocycles. The van der Waals surface area contributed by atoms with Gasteiger partial charge in [-0.15, -0.1) is 0 Å². The highest BCUT2D eigenvalue weighted by Gasteiger charge is 2.29. The van der Waals surface area contributed by atoms with Crippen molar-refractivity contribution in [1.29, 1.82) is 5.26 Å². The van der Waals surface area contributed by atoms with E-state index in [1.165, 1.54) is 12.1 Å². The fraction of sp³-hybridized carbons (Fsp3) is 0.325. The first-order chi connectivity index (χ1) is 24.1. The Morgan fingerprint density at radius 2 is 1.57 bits per heavy atom. The van der Waals surface area contributed by atoms with Gasteiger partial charge < -0.3 is 19.3 Å². The van der Waals surface area contributed by atoms with Gasteiger partial charge in [0.05, 0.1) is 33.4 Å². The molecule has 51 heavy (non-hydrogen) atoms. The number of hydrogen-bond acceptors (Lipinski definition) is 8. The normalized spacial score (nSPS) is 13.6. The maximum atomic E-state index is 16.0. The summed E-state index contributed by atoms with van der Waals surface area (Å²) in [4.78, 5) is 34.1. The van der Waals surface area contributed by atoms with Crippen LogP contribution in [0.3, 0.4) is 0 Å². The number of pyridine rings is 1. The van der Waals surface area contributed by atoms with E-state index in [-0.39, 0.29) is 28.7 Å². The molecule has 3 aromatic carbocycles. The number of aryl methyl sites for hydroxylation is 1. The van der Waals surface area contributed by atoms with Crippen LogP contribution in [0.5, 0.6) is 5.75 Å². The van der Waals surface area contributed by atoms with E-state index in [0.717, 1.165) is 17.3 Å². The van der Waals surface area contributed by atoms with Crippen molar-refractivity contribution in [2.45, 2.75) is 59.6 Å². The Bertz CT molecular complexity index is 2150. The molecule has 6 rings (SSSR count). The van der Waals surface area contributed by atoms with Crippen LogP contribution < -0.4 is 9.64 Å². The molecular weight excluding hydrogens is 647 g/mol. The number of amides is 1. The molecule has 0 N–H and O–H groups in total. The summed E-state index contributed by atoms with van der Waals surface area (Å²) in [5, 5.41) is 16.2. The van der Waals surface area contributed by atoms with Crippen LogP contribution in [0.25, 0.3) is 33.4 Å². The molecule has 2 aromatic heterocycles. The van der Waals surface area contributed by atoms with Crippen molar-refractivity contribution in [3.05, 3.63) is 95.4 Å². The summed E-state index contributed by atoms with van der Waals surface area (Å²) in [6.07, 6.45) is -0.315. The standard InChI is InChI=1S/C40H41FN6O4/c1-25-33-34(26-13-15-28(16-14-26)45-19-21-46(22-20-45)38(49)51-40(5,6)7)31(24-42)35(43-36(33)47(44-25)39(2,3)4)30-18-17-29(23-32(30)41)50-37(48)27-11-9-8-10-12-27/h8-18,23H,19-22H2,1-7H3. The van der Waals surface area contributed by atoms with Crippen LogP contribution in [0.15, 0.2) is 72.8 Å². The van der Waals surface area contributed by atoms with E-state index >= 15 is 4.39 Å². The maximum Gasteiger partial charge on any atom is 0.410 e. The number of nitrogens with zero attached hydrogens (tertiary/aromatic N) is 6. The molecule has 1 fully saturated rings. The quantitative estimate of drug-likeness (QED) is 0.134. The van der Waals surface area contributed by atoms with Crippen molar-refractivity contribution in [2.24, 2.45) is 0 Å². The third-order valence-electron chi connectivity index (χ3n) is 8.61. The zero-order valence-electron chi connectivity index (χ0n) is 30.0. The molecule has 1 saturated heterocycles. The lowest BCUT2D eigenvalue weighted by Gasteiger charge is -2.36. The number of benzene rings is 3. The second-order valence-corrected chi connectivity index (χ2v) is 14.6. The summed E-state index contributed by atoms with van der Waals surface area (Å²) in [5.74, 6) is -1.27. The Morgan fingerprint density at radius 1 is 0.902 bits per heavy atom. The van der Waals surface area contributed by atoms with Crippen LogP contribution in [0.4, 0.5) is 14.9 Å². The van der Waals surface area contributed by atoms with Crippen LogP contribution in [0.2, 0.25) is 0 Å². The Kier molecular flexibility index (Phi) is 9.29. The summed E-state index contributed by atoms with van der Waals surface area (Å²) < 4.78 is 28.8. The largest absolute Gasteiger partial charge is 0.444 e. The van der Waals surface area contributed by atoms with Crippen molar-refractivity contribution >= 4 is 28.8 Å². The molecule has 10 nitrogen and oxygen atoms in total. The number of esters is 1. The van der Waals surface area contributed by atoms with E-state index < -0.39 is 22.9 Å². The van der Waals surface area contributed by atoms with Gasteiger partial charge in [0.25, 0.3) is 0 Å². The molecule has 0 atom stereocenters. The van der Waals surface area contributed by atoms with E-state index in [1.54, 1.807) is 39.9 Å². The molecule has 0 bridgehead atoms. The number of aromatic nitrogens is 3. The number of fused-ring (bicyclic) bond motifs is 1. The van der Waals surface area contributed by atoms with Gasteiger partial charge in [-0.1, -0.05) is 30.3 Å². The Hall–Kier alpha value is -5.76. The highest BCUT2D eigenvalue weighted by atomic mass is 19.1. The summed E-state index contributed by atoms with van der Waals surface area (Å²) in [6.45, 7) is 15.8. The molecule has 0 unspecified atom stereocenters. The van der Waals surface area contributed by atoms with Crippen LogP contribution in [0, 0.1) is 24.1 Å². The van der Waals surface area contributed by atoms with E-state index in [4.69, 9.17) is 19.6 Å².